The number of nitrogens with one attached hydrogen (secondary N) is 2. The predicted molar refractivity (Wildman–Crippen MR) is 136 cm³/mol. The van der Waals surface area contributed by atoms with Gasteiger partial charge >= 0.3 is 0 Å². The molecule has 0 unspecified atom stereocenters. The highest BCUT2D eigenvalue weighted by atomic mass is 35.5. The quantitative estimate of drug-likeness (QED) is 0.281. The number of halogens is 1. The monoisotopic (exact) mass is 496 g/mol. The van der Waals surface area contributed by atoms with Crippen LogP contribution in [0.4, 0.5) is 0 Å². The molecule has 0 radical (unpaired) electrons. The Bertz CT molecular complexity index is 1350. The molecule has 0 amide bonds. The van der Waals surface area contributed by atoms with Gasteiger partial charge in [0.2, 0.25) is 4.77 Å². The number of aryl methyl sites for hydroxylation is 1. The van der Waals surface area contributed by atoms with E-state index in [0.717, 1.165) is 22.3 Å². The molecule has 9 heteroatoms. The van der Waals surface area contributed by atoms with Crippen molar-refractivity contribution >= 4 is 23.8 Å². The molecule has 0 saturated heterocycles. The van der Waals surface area contributed by atoms with E-state index in [1.54, 1.807) is 18.9 Å². The highest BCUT2D eigenvalue weighted by Crippen LogP contribution is 2.37. The first-order chi connectivity index (χ1) is 16.5. The van der Waals surface area contributed by atoms with Gasteiger partial charge in [-0.3, -0.25) is 0 Å². The van der Waals surface area contributed by atoms with Gasteiger partial charge in [0, 0.05) is 0 Å². The number of nitrogens with zero attached hydrogens (tertiary/aromatic N) is 2. The maximum absolute atomic E-state index is 6.58. The molecule has 34 heavy (non-hydrogen) atoms. The van der Waals surface area contributed by atoms with Gasteiger partial charge in [-0.25, -0.2) is 9.77 Å². The number of para-hydroxylation sites is 1. The molecule has 0 atom stereocenters. The Morgan fingerprint density at radius 2 is 1.76 bits per heavy atom. The summed E-state index contributed by atoms with van der Waals surface area (Å²) in [6.07, 6.45) is 0. The van der Waals surface area contributed by atoms with Gasteiger partial charge in [0.1, 0.15) is 12.4 Å². The lowest BCUT2D eigenvalue weighted by Gasteiger charge is -2.16. The van der Waals surface area contributed by atoms with Crippen molar-refractivity contribution in [2.75, 3.05) is 19.6 Å². The Morgan fingerprint density at radius 1 is 1.03 bits per heavy atom. The van der Waals surface area contributed by atoms with Crippen LogP contribution in [0.25, 0.3) is 11.4 Å². The fraction of sp³-hybridized carbons (Fsp3) is 0.200. The maximum Gasteiger partial charge on any atom is 0.214 e. The largest absolute Gasteiger partial charge is 0.496 e. The fourth-order valence-electron chi connectivity index (χ4n) is 3.56. The highest BCUT2D eigenvalue weighted by Gasteiger charge is 2.16. The van der Waals surface area contributed by atoms with Crippen molar-refractivity contribution < 1.29 is 14.2 Å². The molecular weight excluding hydrogens is 472 g/mol. The van der Waals surface area contributed by atoms with E-state index in [0.29, 0.717) is 46.0 Å². The third kappa shape index (κ3) is 5.03. The molecule has 1 aromatic heterocycles. The van der Waals surface area contributed by atoms with E-state index >= 15 is 0 Å². The molecule has 0 saturated carbocycles. The van der Waals surface area contributed by atoms with Crippen molar-refractivity contribution in [1.29, 1.82) is 0 Å². The van der Waals surface area contributed by atoms with E-state index in [2.05, 4.69) is 15.6 Å². The molecule has 2 N–H and O–H groups in total. The predicted octanol–water partition coefficient (Wildman–Crippen LogP) is 5.91. The summed E-state index contributed by atoms with van der Waals surface area (Å²) in [4.78, 5) is 0. The van der Waals surface area contributed by atoms with Crippen LogP contribution in [0.3, 0.4) is 0 Å². The molecule has 0 aliphatic heterocycles. The van der Waals surface area contributed by atoms with Crippen LogP contribution in [0.1, 0.15) is 16.7 Å². The van der Waals surface area contributed by atoms with Crippen LogP contribution in [0.2, 0.25) is 5.02 Å². The third-order valence-electron chi connectivity index (χ3n) is 5.38. The second-order valence-electron chi connectivity index (χ2n) is 7.55. The number of aromatic nitrogens is 3. The van der Waals surface area contributed by atoms with E-state index in [-0.39, 0.29) is 0 Å². The van der Waals surface area contributed by atoms with Crippen LogP contribution in [-0.2, 0) is 13.2 Å². The van der Waals surface area contributed by atoms with Crippen LogP contribution in [0.15, 0.2) is 60.7 Å². The van der Waals surface area contributed by atoms with Crippen molar-refractivity contribution in [1.82, 2.24) is 14.9 Å². The van der Waals surface area contributed by atoms with Crippen molar-refractivity contribution in [2.45, 2.75) is 20.1 Å². The normalized spacial score (nSPS) is 10.7. The first kappa shape index (κ1) is 23.7. The van der Waals surface area contributed by atoms with E-state index in [4.69, 9.17) is 38.0 Å². The standard InChI is InChI=1S/C25H25ClN4O3S/c1-16-8-4-5-9-18(16)15-33-23-20(26)12-17(13-22(23)32-3)14-27-30-24(28-29-25(30)34)19-10-6-7-11-21(19)31-2/h4-13,27H,14-15H2,1-3H3,(H,29,34). The average Bonchev–Trinajstić information content (AvgIpc) is 3.22. The lowest BCUT2D eigenvalue weighted by molar-refractivity contribution is 0.284. The fourth-order valence-corrected chi connectivity index (χ4v) is 4.05. The summed E-state index contributed by atoms with van der Waals surface area (Å²) < 4.78 is 19.2. The number of benzene rings is 3. The molecular formula is C25H25ClN4O3S. The summed E-state index contributed by atoms with van der Waals surface area (Å²) in [5.41, 5.74) is 7.23. The smallest absolute Gasteiger partial charge is 0.214 e. The molecule has 0 fully saturated rings. The molecule has 0 aliphatic carbocycles. The number of methoxy groups -OCH3 is 2. The van der Waals surface area contributed by atoms with Crippen molar-refractivity contribution in [3.8, 4) is 28.6 Å². The Balaban J connectivity index is 1.55. The lowest BCUT2D eigenvalue weighted by atomic mass is 10.1. The minimum Gasteiger partial charge on any atom is -0.496 e. The van der Waals surface area contributed by atoms with Crippen LogP contribution in [-0.4, -0.2) is 29.1 Å². The van der Waals surface area contributed by atoms with E-state index in [9.17, 15) is 0 Å². The van der Waals surface area contributed by atoms with Gasteiger partial charge in [-0.2, -0.15) is 5.10 Å². The molecule has 7 nitrogen and oxygen atoms in total. The number of hydrogen-bond acceptors (Lipinski definition) is 6. The SMILES string of the molecule is COc1ccccc1-c1n[nH]c(=S)n1NCc1cc(Cl)c(OCc2ccccc2C)c(OC)c1. The van der Waals surface area contributed by atoms with Crippen LogP contribution < -0.4 is 19.6 Å². The Kier molecular flexibility index (Phi) is 7.40. The topological polar surface area (TPSA) is 73.3 Å². The summed E-state index contributed by atoms with van der Waals surface area (Å²) in [7, 11) is 3.21. The number of H-pyrrole nitrogens is 1. The first-order valence-corrected chi connectivity index (χ1v) is 11.4. The summed E-state index contributed by atoms with van der Waals surface area (Å²) in [6, 6.07) is 19.4. The van der Waals surface area contributed by atoms with Gasteiger partial charge in [0.25, 0.3) is 0 Å². The second kappa shape index (κ2) is 10.6. The van der Waals surface area contributed by atoms with Gasteiger partial charge in [0.05, 0.1) is 31.4 Å². The molecule has 4 aromatic rings. The van der Waals surface area contributed by atoms with Gasteiger partial charge in [0.15, 0.2) is 17.3 Å². The van der Waals surface area contributed by atoms with E-state index < -0.39 is 0 Å². The van der Waals surface area contributed by atoms with Crippen molar-refractivity contribution in [3.05, 3.63) is 87.1 Å². The molecule has 0 bridgehead atoms. The molecule has 176 valence electrons. The van der Waals surface area contributed by atoms with Crippen LogP contribution in [0.5, 0.6) is 17.2 Å². The van der Waals surface area contributed by atoms with Gasteiger partial charge < -0.3 is 19.6 Å². The van der Waals surface area contributed by atoms with E-state index in [1.165, 1.54) is 0 Å². The zero-order valence-electron chi connectivity index (χ0n) is 19.1. The van der Waals surface area contributed by atoms with E-state index in [1.807, 2.05) is 67.6 Å². The minimum atomic E-state index is 0.396. The zero-order valence-corrected chi connectivity index (χ0v) is 20.7. The van der Waals surface area contributed by atoms with Crippen molar-refractivity contribution in [3.63, 3.8) is 0 Å². The zero-order chi connectivity index (χ0) is 24.1. The maximum atomic E-state index is 6.58. The number of aromatic amines is 1. The number of rotatable bonds is 9. The summed E-state index contributed by atoms with van der Waals surface area (Å²) in [5, 5.41) is 7.66. The Hall–Kier alpha value is -3.49. The molecule has 1 heterocycles. The number of ether oxygens (including phenoxy) is 3. The summed E-state index contributed by atoms with van der Waals surface area (Å²) in [5.74, 6) is 2.36. The lowest BCUT2D eigenvalue weighted by Crippen LogP contribution is -2.16. The average molecular weight is 497 g/mol. The van der Waals surface area contributed by atoms with Gasteiger partial charge in [-0.1, -0.05) is 48.0 Å². The Morgan fingerprint density at radius 3 is 2.53 bits per heavy atom. The first-order valence-electron chi connectivity index (χ1n) is 10.6. The molecule has 3 aromatic carbocycles. The van der Waals surface area contributed by atoms with Gasteiger partial charge in [-0.05, 0) is 60.1 Å². The van der Waals surface area contributed by atoms with Crippen LogP contribution in [0, 0.1) is 11.7 Å². The third-order valence-corrected chi connectivity index (χ3v) is 5.94. The molecule has 0 spiro atoms. The summed E-state index contributed by atoms with van der Waals surface area (Å²) in [6.45, 7) is 2.86. The van der Waals surface area contributed by atoms with Crippen LogP contribution >= 0.6 is 23.8 Å². The number of hydrogen-bond donors (Lipinski definition) is 2. The minimum absolute atomic E-state index is 0.396. The second-order valence-corrected chi connectivity index (χ2v) is 8.34. The summed E-state index contributed by atoms with van der Waals surface area (Å²) >= 11 is 12.0. The molecule has 4 rings (SSSR count). The van der Waals surface area contributed by atoms with Gasteiger partial charge in [-0.15, -0.1) is 0 Å². The Labute approximate surface area is 208 Å². The molecule has 0 aliphatic rings. The van der Waals surface area contributed by atoms with Crippen molar-refractivity contribution in [2.24, 2.45) is 0 Å². The highest BCUT2D eigenvalue weighted by molar-refractivity contribution is 7.71.